The third-order valence-corrected chi connectivity index (χ3v) is 2.38. The van der Waals surface area contributed by atoms with Crippen LogP contribution >= 0.6 is 0 Å². The summed E-state index contributed by atoms with van der Waals surface area (Å²) in [5.41, 5.74) is -2.82. The summed E-state index contributed by atoms with van der Waals surface area (Å²) in [7, 11) is 4.33. The van der Waals surface area contributed by atoms with Crippen molar-refractivity contribution in [3.8, 4) is 0 Å². The summed E-state index contributed by atoms with van der Waals surface area (Å²) >= 11 is 0. The molecule has 0 N–H and O–H groups in total. The van der Waals surface area contributed by atoms with E-state index in [9.17, 15) is 14.4 Å². The van der Waals surface area contributed by atoms with Gasteiger partial charge >= 0.3 is 29.5 Å². The van der Waals surface area contributed by atoms with Gasteiger partial charge in [-0.2, -0.15) is 0 Å². The van der Waals surface area contributed by atoms with Crippen LogP contribution in [0, 0.1) is 0 Å². The molecule has 0 aromatic heterocycles. The maximum Gasteiger partial charge on any atom is 0.363 e. The number of cyclic esters (lactones) is 1. The standard InChI is InChI=1S/C10H12O8/c1-14-6(11)5-7(15-2)18-9(13)10(5,17-4)8(12)16-3/h1-4H3. The molecule has 18 heavy (non-hydrogen) atoms. The summed E-state index contributed by atoms with van der Waals surface area (Å²) in [5.74, 6) is -3.69. The molecule has 0 saturated carbocycles. The number of carbonyl (C=O) groups excluding carboxylic acids is 3. The highest BCUT2D eigenvalue weighted by atomic mass is 16.7. The Bertz CT molecular complexity index is 424. The molecule has 0 aliphatic carbocycles. The molecular formula is C10H12O8. The van der Waals surface area contributed by atoms with E-state index in [1.54, 1.807) is 0 Å². The average Bonchev–Trinajstić information content (AvgIpc) is 2.69. The lowest BCUT2D eigenvalue weighted by Gasteiger charge is -2.21. The van der Waals surface area contributed by atoms with E-state index in [1.807, 2.05) is 0 Å². The van der Waals surface area contributed by atoms with Crippen LogP contribution in [0.5, 0.6) is 0 Å². The quantitative estimate of drug-likeness (QED) is 0.365. The molecule has 8 heteroatoms. The maximum absolute atomic E-state index is 11.8. The topological polar surface area (TPSA) is 97.4 Å². The molecule has 1 atom stereocenters. The van der Waals surface area contributed by atoms with Gasteiger partial charge in [-0.05, 0) is 0 Å². The van der Waals surface area contributed by atoms with Gasteiger partial charge in [-0.3, -0.25) is 0 Å². The first-order valence-corrected chi connectivity index (χ1v) is 4.72. The Labute approximate surface area is 102 Å². The lowest BCUT2D eigenvalue weighted by atomic mass is 9.95. The molecule has 1 aliphatic heterocycles. The number of ether oxygens (including phenoxy) is 5. The largest absolute Gasteiger partial charge is 0.468 e. The van der Waals surface area contributed by atoms with Crippen LogP contribution in [0.3, 0.4) is 0 Å². The SMILES string of the molecule is COC(=O)C1=C(OC)OC(=O)C1(OC)C(=O)OC. The van der Waals surface area contributed by atoms with Crippen molar-refractivity contribution in [3.63, 3.8) is 0 Å². The van der Waals surface area contributed by atoms with E-state index in [2.05, 4.69) is 14.2 Å². The normalized spacial score (nSPS) is 22.6. The van der Waals surface area contributed by atoms with Gasteiger partial charge in [0.25, 0.3) is 0 Å². The highest BCUT2D eigenvalue weighted by Crippen LogP contribution is 2.35. The molecule has 0 bridgehead atoms. The highest BCUT2D eigenvalue weighted by molar-refractivity contribution is 6.17. The fourth-order valence-corrected chi connectivity index (χ4v) is 1.52. The van der Waals surface area contributed by atoms with Crippen LogP contribution in [0.4, 0.5) is 0 Å². The fourth-order valence-electron chi connectivity index (χ4n) is 1.52. The molecule has 0 radical (unpaired) electrons. The van der Waals surface area contributed by atoms with Crippen LogP contribution in [0.25, 0.3) is 0 Å². The molecule has 0 fully saturated rings. The Morgan fingerprint density at radius 3 is 2.11 bits per heavy atom. The predicted molar refractivity (Wildman–Crippen MR) is 53.9 cm³/mol. The second-order valence-electron chi connectivity index (χ2n) is 3.12. The number of rotatable bonds is 4. The van der Waals surface area contributed by atoms with Crippen molar-refractivity contribution >= 4 is 17.9 Å². The molecule has 0 aromatic carbocycles. The Morgan fingerprint density at radius 1 is 1.11 bits per heavy atom. The van der Waals surface area contributed by atoms with E-state index < -0.39 is 35.0 Å². The molecular weight excluding hydrogens is 248 g/mol. The zero-order chi connectivity index (χ0) is 13.9. The van der Waals surface area contributed by atoms with E-state index in [4.69, 9.17) is 9.47 Å². The first-order valence-electron chi connectivity index (χ1n) is 4.72. The van der Waals surface area contributed by atoms with E-state index in [0.29, 0.717) is 0 Å². The Balaban J connectivity index is 3.46. The number of carbonyl (C=O) groups is 3. The van der Waals surface area contributed by atoms with Gasteiger partial charge in [0.15, 0.2) is 5.57 Å². The predicted octanol–water partition coefficient (Wildman–Crippen LogP) is -0.868. The first kappa shape index (κ1) is 14.0. The molecule has 1 heterocycles. The van der Waals surface area contributed by atoms with Crippen molar-refractivity contribution < 1.29 is 38.1 Å². The number of hydrogen-bond donors (Lipinski definition) is 0. The molecule has 1 rings (SSSR count). The third kappa shape index (κ3) is 1.70. The van der Waals surface area contributed by atoms with Crippen molar-refractivity contribution in [1.29, 1.82) is 0 Å². The van der Waals surface area contributed by atoms with Gasteiger partial charge < -0.3 is 23.7 Å². The van der Waals surface area contributed by atoms with E-state index in [0.717, 1.165) is 28.4 Å². The number of esters is 3. The minimum atomic E-state index is -2.33. The summed E-state index contributed by atoms with van der Waals surface area (Å²) in [6.07, 6.45) is 0. The van der Waals surface area contributed by atoms with Gasteiger partial charge in [0.2, 0.25) is 0 Å². The summed E-state index contributed by atoms with van der Waals surface area (Å²) in [6.45, 7) is 0. The smallest absolute Gasteiger partial charge is 0.363 e. The van der Waals surface area contributed by atoms with Crippen LogP contribution < -0.4 is 0 Å². The van der Waals surface area contributed by atoms with Gasteiger partial charge in [-0.25, -0.2) is 14.4 Å². The molecule has 0 spiro atoms. The summed E-state index contributed by atoms with van der Waals surface area (Å²) < 4.78 is 23.2. The Morgan fingerprint density at radius 2 is 1.72 bits per heavy atom. The summed E-state index contributed by atoms with van der Waals surface area (Å²) in [6, 6.07) is 0. The van der Waals surface area contributed by atoms with Crippen LogP contribution in [0.1, 0.15) is 0 Å². The van der Waals surface area contributed by atoms with Crippen molar-refractivity contribution in [3.05, 3.63) is 11.5 Å². The highest BCUT2D eigenvalue weighted by Gasteiger charge is 2.63. The lowest BCUT2D eigenvalue weighted by Crippen LogP contribution is -2.50. The molecule has 1 unspecified atom stereocenters. The summed E-state index contributed by atoms with van der Waals surface area (Å²) in [4.78, 5) is 35.1. The third-order valence-electron chi connectivity index (χ3n) is 2.38. The molecule has 0 amide bonds. The van der Waals surface area contributed by atoms with Gasteiger partial charge in [0.05, 0.1) is 21.3 Å². The second-order valence-corrected chi connectivity index (χ2v) is 3.12. The van der Waals surface area contributed by atoms with Crippen molar-refractivity contribution in [1.82, 2.24) is 0 Å². The van der Waals surface area contributed by atoms with E-state index >= 15 is 0 Å². The fraction of sp³-hybridized carbons (Fsp3) is 0.500. The number of methoxy groups -OCH3 is 4. The molecule has 0 saturated heterocycles. The van der Waals surface area contributed by atoms with Crippen molar-refractivity contribution in [2.24, 2.45) is 0 Å². The van der Waals surface area contributed by atoms with Crippen LogP contribution in [0.15, 0.2) is 11.5 Å². The minimum absolute atomic E-state index is 0.459. The first-order chi connectivity index (χ1) is 8.49. The van der Waals surface area contributed by atoms with Crippen molar-refractivity contribution in [2.75, 3.05) is 28.4 Å². The van der Waals surface area contributed by atoms with Crippen LogP contribution in [-0.2, 0) is 38.1 Å². The van der Waals surface area contributed by atoms with E-state index in [-0.39, 0.29) is 0 Å². The average molecular weight is 260 g/mol. The molecule has 100 valence electrons. The minimum Gasteiger partial charge on any atom is -0.468 e. The van der Waals surface area contributed by atoms with Crippen LogP contribution in [0.2, 0.25) is 0 Å². The van der Waals surface area contributed by atoms with Crippen LogP contribution in [-0.4, -0.2) is 51.9 Å². The Hall–Kier alpha value is -2.09. The van der Waals surface area contributed by atoms with Gasteiger partial charge in [-0.1, -0.05) is 0 Å². The Kier molecular flexibility index (Phi) is 3.92. The maximum atomic E-state index is 11.8. The van der Waals surface area contributed by atoms with Gasteiger partial charge in [0.1, 0.15) is 0 Å². The monoisotopic (exact) mass is 260 g/mol. The summed E-state index contributed by atoms with van der Waals surface area (Å²) in [5, 5.41) is 0. The second kappa shape index (κ2) is 5.05. The van der Waals surface area contributed by atoms with Gasteiger partial charge in [0, 0.05) is 7.11 Å². The van der Waals surface area contributed by atoms with E-state index in [1.165, 1.54) is 0 Å². The molecule has 8 nitrogen and oxygen atoms in total. The van der Waals surface area contributed by atoms with Crippen molar-refractivity contribution in [2.45, 2.75) is 5.60 Å². The zero-order valence-corrected chi connectivity index (χ0v) is 10.3. The molecule has 0 aromatic rings. The lowest BCUT2D eigenvalue weighted by molar-refractivity contribution is -0.176. The zero-order valence-electron chi connectivity index (χ0n) is 10.3. The van der Waals surface area contributed by atoms with Gasteiger partial charge in [-0.15, -0.1) is 0 Å². The molecule has 1 aliphatic rings. The number of hydrogen-bond acceptors (Lipinski definition) is 8.